The Balaban J connectivity index is 0.000000427. The number of nitrogens with zero attached hydrogens (tertiary/aromatic N) is 2. The fourth-order valence-electron chi connectivity index (χ4n) is 3.28. The van der Waals surface area contributed by atoms with Crippen molar-refractivity contribution in [2.75, 3.05) is 33.4 Å². The molecule has 0 amide bonds. The van der Waals surface area contributed by atoms with E-state index in [9.17, 15) is 0 Å². The van der Waals surface area contributed by atoms with Gasteiger partial charge in [-0.1, -0.05) is 0 Å². The summed E-state index contributed by atoms with van der Waals surface area (Å²) in [4.78, 5) is 28.1. The lowest BCUT2D eigenvalue weighted by molar-refractivity contribution is -0.159. The average molecular weight is 443 g/mol. The van der Waals surface area contributed by atoms with Crippen molar-refractivity contribution >= 4 is 23.0 Å². The van der Waals surface area contributed by atoms with Crippen LogP contribution in [0.2, 0.25) is 0 Å². The van der Waals surface area contributed by atoms with Gasteiger partial charge >= 0.3 is 11.9 Å². The van der Waals surface area contributed by atoms with E-state index in [4.69, 9.17) is 34.0 Å². The summed E-state index contributed by atoms with van der Waals surface area (Å²) >= 11 is 0. The monoisotopic (exact) mass is 443 g/mol. The second-order valence-electron chi connectivity index (χ2n) is 7.03. The smallest absolute Gasteiger partial charge is 0.414 e. The second-order valence-corrected chi connectivity index (χ2v) is 7.03. The third-order valence-corrected chi connectivity index (χ3v) is 4.85. The van der Waals surface area contributed by atoms with E-state index < -0.39 is 11.9 Å². The van der Waals surface area contributed by atoms with Gasteiger partial charge in [0, 0.05) is 37.4 Å². The molecular weight excluding hydrogens is 418 g/mol. The Kier molecular flexibility index (Phi) is 8.01. The average Bonchev–Trinajstić information content (AvgIpc) is 3.29. The third-order valence-electron chi connectivity index (χ3n) is 4.85. The summed E-state index contributed by atoms with van der Waals surface area (Å²) in [6.07, 6.45) is 3.86. The van der Waals surface area contributed by atoms with Crippen LogP contribution in [-0.2, 0) is 20.9 Å². The maximum absolute atomic E-state index is 9.10. The molecule has 170 valence electrons. The lowest BCUT2D eigenvalue weighted by Gasteiger charge is -2.32. The topological polar surface area (TPSA) is 134 Å². The predicted molar refractivity (Wildman–Crippen MR) is 115 cm³/mol. The van der Waals surface area contributed by atoms with E-state index in [1.165, 1.54) is 10.9 Å². The number of hydrogen-bond acceptors (Lipinski definition) is 7. The number of aromatic nitrogens is 2. The molecule has 10 nitrogen and oxygen atoms in total. The molecule has 0 spiro atoms. The Morgan fingerprint density at radius 1 is 1.16 bits per heavy atom. The summed E-state index contributed by atoms with van der Waals surface area (Å²) in [6.45, 7) is 3.92. The standard InChI is InChI=1S/C20H23N3O3.C2H2O4/c1-24-16-2-4-17(5-3-16)26-14-18-13-23(10-11-25-18)12-15-6-8-21-20-19(15)7-9-22-20;3-1(4)2(5)6/h2-9,18H,10-14H2,1H3,(H,21,22);(H,3,4)(H,5,6). The number of hydrogen-bond donors (Lipinski definition) is 3. The molecule has 0 saturated carbocycles. The van der Waals surface area contributed by atoms with Gasteiger partial charge in [-0.3, -0.25) is 4.90 Å². The van der Waals surface area contributed by atoms with Crippen molar-refractivity contribution in [2.24, 2.45) is 0 Å². The number of morpholine rings is 1. The molecule has 1 saturated heterocycles. The number of carbonyl (C=O) groups is 2. The van der Waals surface area contributed by atoms with Gasteiger partial charge in [0.25, 0.3) is 0 Å². The molecule has 4 rings (SSSR count). The Morgan fingerprint density at radius 3 is 2.56 bits per heavy atom. The van der Waals surface area contributed by atoms with Gasteiger partial charge in [0.1, 0.15) is 29.9 Å². The Bertz CT molecular complexity index is 1020. The van der Waals surface area contributed by atoms with E-state index in [-0.39, 0.29) is 6.10 Å². The number of H-pyrrole nitrogens is 1. The van der Waals surface area contributed by atoms with Crippen molar-refractivity contribution in [1.29, 1.82) is 0 Å². The number of aromatic amines is 1. The largest absolute Gasteiger partial charge is 0.497 e. The predicted octanol–water partition coefficient (Wildman–Crippen LogP) is 2.01. The molecule has 3 aromatic rings. The highest BCUT2D eigenvalue weighted by molar-refractivity contribution is 6.27. The molecule has 3 N–H and O–H groups in total. The number of aliphatic carboxylic acids is 2. The van der Waals surface area contributed by atoms with Crippen molar-refractivity contribution < 1.29 is 34.0 Å². The van der Waals surface area contributed by atoms with Crippen LogP contribution < -0.4 is 9.47 Å². The number of carboxylic acid groups (broad SMARTS) is 2. The summed E-state index contributed by atoms with van der Waals surface area (Å²) in [5, 5.41) is 16.0. The van der Waals surface area contributed by atoms with Crippen LogP contribution in [0.15, 0.2) is 48.8 Å². The van der Waals surface area contributed by atoms with Gasteiger partial charge in [-0.25, -0.2) is 14.6 Å². The maximum Gasteiger partial charge on any atom is 0.414 e. The SMILES string of the molecule is COc1ccc(OCC2CN(Cc3ccnc4[nH]ccc34)CCO2)cc1.O=C(O)C(=O)O. The molecule has 1 aromatic carbocycles. The zero-order valence-electron chi connectivity index (χ0n) is 17.6. The van der Waals surface area contributed by atoms with Gasteiger partial charge in [0.15, 0.2) is 0 Å². The second kappa shape index (κ2) is 11.1. The maximum atomic E-state index is 9.10. The van der Waals surface area contributed by atoms with Crippen molar-refractivity contribution in [2.45, 2.75) is 12.6 Å². The number of benzene rings is 1. The van der Waals surface area contributed by atoms with Crippen LogP contribution in [0.25, 0.3) is 11.0 Å². The molecule has 1 atom stereocenters. The molecular formula is C22H25N3O7. The molecule has 0 radical (unpaired) electrons. The van der Waals surface area contributed by atoms with E-state index in [1.54, 1.807) is 7.11 Å². The number of ether oxygens (including phenoxy) is 3. The lowest BCUT2D eigenvalue weighted by Crippen LogP contribution is -2.44. The summed E-state index contributed by atoms with van der Waals surface area (Å²) in [5.41, 5.74) is 2.23. The molecule has 10 heteroatoms. The molecule has 3 heterocycles. The first-order chi connectivity index (χ1) is 15.5. The number of pyridine rings is 1. The first-order valence-corrected chi connectivity index (χ1v) is 9.94. The van der Waals surface area contributed by atoms with Crippen molar-refractivity contribution in [3.05, 3.63) is 54.4 Å². The van der Waals surface area contributed by atoms with Crippen LogP contribution in [0.1, 0.15) is 5.56 Å². The minimum Gasteiger partial charge on any atom is -0.497 e. The van der Waals surface area contributed by atoms with Gasteiger partial charge in [-0.2, -0.15) is 0 Å². The van der Waals surface area contributed by atoms with Gasteiger partial charge in [-0.15, -0.1) is 0 Å². The van der Waals surface area contributed by atoms with E-state index in [0.29, 0.717) is 6.61 Å². The van der Waals surface area contributed by atoms with Crippen LogP contribution in [0.4, 0.5) is 0 Å². The fraction of sp³-hybridized carbons (Fsp3) is 0.318. The Labute approximate surface area is 184 Å². The summed E-state index contributed by atoms with van der Waals surface area (Å²) < 4.78 is 16.9. The number of nitrogens with one attached hydrogen (secondary N) is 1. The number of fused-ring (bicyclic) bond motifs is 1. The van der Waals surface area contributed by atoms with Crippen LogP contribution in [0.5, 0.6) is 11.5 Å². The summed E-state index contributed by atoms with van der Waals surface area (Å²) in [6, 6.07) is 11.8. The lowest BCUT2D eigenvalue weighted by atomic mass is 10.1. The van der Waals surface area contributed by atoms with Gasteiger partial charge in [-0.05, 0) is 42.0 Å². The van der Waals surface area contributed by atoms with E-state index in [1.807, 2.05) is 36.7 Å². The van der Waals surface area contributed by atoms with Gasteiger partial charge < -0.3 is 29.4 Å². The molecule has 32 heavy (non-hydrogen) atoms. The van der Waals surface area contributed by atoms with Crippen LogP contribution in [-0.4, -0.2) is 76.5 Å². The first-order valence-electron chi connectivity index (χ1n) is 9.94. The quantitative estimate of drug-likeness (QED) is 0.489. The van der Waals surface area contributed by atoms with Crippen LogP contribution in [0, 0.1) is 0 Å². The van der Waals surface area contributed by atoms with Gasteiger partial charge in [0.2, 0.25) is 0 Å². The Hall–Kier alpha value is -3.63. The normalized spacial score (nSPS) is 16.1. The van der Waals surface area contributed by atoms with Crippen LogP contribution >= 0.6 is 0 Å². The number of methoxy groups -OCH3 is 1. The fourth-order valence-corrected chi connectivity index (χ4v) is 3.28. The molecule has 1 aliphatic rings. The number of carboxylic acids is 2. The third kappa shape index (κ3) is 6.43. The summed E-state index contributed by atoms with van der Waals surface area (Å²) in [7, 11) is 1.66. The van der Waals surface area contributed by atoms with E-state index in [2.05, 4.69) is 27.0 Å². The summed E-state index contributed by atoms with van der Waals surface area (Å²) in [5.74, 6) is -1.99. The van der Waals surface area contributed by atoms with Crippen molar-refractivity contribution in [1.82, 2.24) is 14.9 Å². The number of rotatable bonds is 6. The van der Waals surface area contributed by atoms with E-state index >= 15 is 0 Å². The van der Waals surface area contributed by atoms with E-state index in [0.717, 1.165) is 43.4 Å². The van der Waals surface area contributed by atoms with Crippen molar-refractivity contribution in [3.8, 4) is 11.5 Å². The minimum atomic E-state index is -1.82. The highest BCUT2D eigenvalue weighted by Crippen LogP contribution is 2.20. The molecule has 1 aliphatic heterocycles. The molecule has 0 aliphatic carbocycles. The van der Waals surface area contributed by atoms with Crippen LogP contribution in [0.3, 0.4) is 0 Å². The van der Waals surface area contributed by atoms with Gasteiger partial charge in [0.05, 0.1) is 13.7 Å². The molecule has 2 aromatic heterocycles. The zero-order chi connectivity index (χ0) is 22.9. The zero-order valence-corrected chi connectivity index (χ0v) is 17.6. The molecule has 1 fully saturated rings. The molecule has 1 unspecified atom stereocenters. The first kappa shape index (κ1) is 23.0. The highest BCUT2D eigenvalue weighted by atomic mass is 16.5. The minimum absolute atomic E-state index is 0.0643. The van der Waals surface area contributed by atoms with Crippen molar-refractivity contribution in [3.63, 3.8) is 0 Å². The molecule has 0 bridgehead atoms. The highest BCUT2D eigenvalue weighted by Gasteiger charge is 2.22. The Morgan fingerprint density at radius 2 is 1.88 bits per heavy atom.